The van der Waals surface area contributed by atoms with Gasteiger partial charge in [0.1, 0.15) is 0 Å². The quantitative estimate of drug-likeness (QED) is 0.832. The maximum absolute atomic E-state index is 12.7. The summed E-state index contributed by atoms with van der Waals surface area (Å²) in [4.78, 5) is 25.6. The van der Waals surface area contributed by atoms with Crippen molar-refractivity contribution in [2.24, 2.45) is 0 Å². The van der Waals surface area contributed by atoms with E-state index in [4.69, 9.17) is 0 Å². The second-order valence-corrected chi connectivity index (χ2v) is 6.61. The lowest BCUT2D eigenvalue weighted by molar-refractivity contribution is -0.138. The molecule has 1 aliphatic rings. The molecule has 2 N–H and O–H groups in total. The summed E-state index contributed by atoms with van der Waals surface area (Å²) in [5.41, 5.74) is 2.70. The lowest BCUT2D eigenvalue weighted by atomic mass is 9.91. The molecule has 24 heavy (non-hydrogen) atoms. The number of urea groups is 1. The molecule has 0 bridgehead atoms. The van der Waals surface area contributed by atoms with Crippen LogP contribution in [0.3, 0.4) is 0 Å². The molecule has 2 aromatic rings. The number of fused-ring (bicyclic) bond motifs is 1. The van der Waals surface area contributed by atoms with E-state index in [1.54, 1.807) is 17.0 Å². The average Bonchev–Trinajstić information content (AvgIpc) is 2.56. The molecule has 0 saturated carbocycles. The normalized spacial score (nSPS) is 16.4. The molecular weight excluding hydrogens is 372 g/mol. The molecule has 2 aromatic carbocycles. The maximum Gasteiger partial charge on any atom is 0.322 e. The van der Waals surface area contributed by atoms with Gasteiger partial charge in [-0.05, 0) is 41.8 Å². The number of nitrogens with zero attached hydrogens (tertiary/aromatic N) is 1. The summed E-state index contributed by atoms with van der Waals surface area (Å²) in [7, 11) is 0. The Bertz CT molecular complexity index is 761. The highest BCUT2D eigenvalue weighted by Gasteiger charge is 2.32. The van der Waals surface area contributed by atoms with Gasteiger partial charge in [-0.15, -0.1) is 0 Å². The summed E-state index contributed by atoms with van der Waals surface area (Å²) in [5, 5.41) is 12.1. The standard InChI is InChI=1S/C18H17BrN2O3/c19-13-5-7-14(8-6-13)20-18(24)21-10-9-12-3-1-2-4-15(12)16(21)11-17(22)23/h1-8,16H,9-11H2,(H,20,24)(H,22,23)/t16-/m1/s1. The molecule has 0 unspecified atom stereocenters. The van der Waals surface area contributed by atoms with Crippen LogP contribution in [0.5, 0.6) is 0 Å². The number of hydrogen-bond acceptors (Lipinski definition) is 2. The van der Waals surface area contributed by atoms with Crippen molar-refractivity contribution in [1.29, 1.82) is 0 Å². The zero-order valence-electron chi connectivity index (χ0n) is 12.9. The van der Waals surface area contributed by atoms with Gasteiger partial charge in [-0.25, -0.2) is 4.79 Å². The van der Waals surface area contributed by atoms with E-state index >= 15 is 0 Å². The molecule has 0 aliphatic carbocycles. The lowest BCUT2D eigenvalue weighted by Crippen LogP contribution is -2.43. The molecule has 3 rings (SSSR count). The number of rotatable bonds is 3. The van der Waals surface area contributed by atoms with Gasteiger partial charge >= 0.3 is 12.0 Å². The largest absolute Gasteiger partial charge is 0.481 e. The number of carbonyl (C=O) groups is 2. The van der Waals surface area contributed by atoms with Crippen LogP contribution in [0.25, 0.3) is 0 Å². The fourth-order valence-electron chi connectivity index (χ4n) is 3.01. The first-order chi connectivity index (χ1) is 11.5. The monoisotopic (exact) mass is 388 g/mol. The molecule has 0 spiro atoms. The van der Waals surface area contributed by atoms with Crippen molar-refractivity contribution in [1.82, 2.24) is 4.90 Å². The van der Waals surface area contributed by atoms with Crippen LogP contribution in [0, 0.1) is 0 Å². The second-order valence-electron chi connectivity index (χ2n) is 5.69. The number of anilines is 1. The first-order valence-corrected chi connectivity index (χ1v) is 8.46. The number of halogens is 1. The minimum Gasteiger partial charge on any atom is -0.481 e. The van der Waals surface area contributed by atoms with E-state index in [0.29, 0.717) is 12.2 Å². The average molecular weight is 389 g/mol. The van der Waals surface area contributed by atoms with Crippen LogP contribution in [-0.4, -0.2) is 28.6 Å². The minimum atomic E-state index is -0.918. The first kappa shape index (κ1) is 16.5. The third-order valence-electron chi connectivity index (χ3n) is 4.14. The SMILES string of the molecule is O=C(O)C[C@@H]1c2ccccc2CCN1C(=O)Nc1ccc(Br)cc1. The number of carbonyl (C=O) groups excluding carboxylic acids is 1. The third kappa shape index (κ3) is 3.59. The van der Waals surface area contributed by atoms with Gasteiger partial charge in [0.25, 0.3) is 0 Å². The topological polar surface area (TPSA) is 69.6 Å². The summed E-state index contributed by atoms with van der Waals surface area (Å²) in [6.45, 7) is 0.497. The first-order valence-electron chi connectivity index (χ1n) is 7.67. The van der Waals surface area contributed by atoms with E-state index in [-0.39, 0.29) is 12.5 Å². The Labute approximate surface area is 148 Å². The van der Waals surface area contributed by atoms with E-state index in [0.717, 1.165) is 22.0 Å². The molecule has 1 aliphatic heterocycles. The number of nitrogens with one attached hydrogen (secondary N) is 1. The number of carboxylic acid groups (broad SMARTS) is 1. The smallest absolute Gasteiger partial charge is 0.322 e. The van der Waals surface area contributed by atoms with Crippen molar-refractivity contribution in [2.75, 3.05) is 11.9 Å². The summed E-state index contributed by atoms with van der Waals surface area (Å²) in [6, 6.07) is 14.3. The summed E-state index contributed by atoms with van der Waals surface area (Å²) in [6.07, 6.45) is 0.616. The fraction of sp³-hybridized carbons (Fsp3) is 0.222. The van der Waals surface area contributed by atoms with Crippen molar-refractivity contribution < 1.29 is 14.7 Å². The third-order valence-corrected chi connectivity index (χ3v) is 4.67. The highest BCUT2D eigenvalue weighted by Crippen LogP contribution is 2.32. The van der Waals surface area contributed by atoms with Gasteiger partial charge in [-0.1, -0.05) is 40.2 Å². The van der Waals surface area contributed by atoms with Crippen molar-refractivity contribution in [3.63, 3.8) is 0 Å². The van der Waals surface area contributed by atoms with Crippen molar-refractivity contribution in [3.05, 3.63) is 64.1 Å². The Kier molecular flexibility index (Phi) is 4.85. The van der Waals surface area contributed by atoms with Crippen LogP contribution in [0.1, 0.15) is 23.6 Å². The van der Waals surface area contributed by atoms with Crippen LogP contribution in [-0.2, 0) is 11.2 Å². The number of benzene rings is 2. The van der Waals surface area contributed by atoms with Gasteiger partial charge in [0, 0.05) is 16.7 Å². The number of aliphatic carboxylic acids is 1. The van der Waals surface area contributed by atoms with Crippen molar-refractivity contribution in [3.8, 4) is 0 Å². The Morgan fingerprint density at radius 2 is 1.88 bits per heavy atom. The van der Waals surface area contributed by atoms with E-state index in [1.807, 2.05) is 36.4 Å². The predicted octanol–water partition coefficient (Wildman–Crippen LogP) is 4.06. The summed E-state index contributed by atoms with van der Waals surface area (Å²) in [5.74, 6) is -0.918. The zero-order valence-corrected chi connectivity index (χ0v) is 14.5. The minimum absolute atomic E-state index is 0.106. The molecule has 0 aromatic heterocycles. The van der Waals surface area contributed by atoms with E-state index in [2.05, 4.69) is 21.2 Å². The molecule has 1 atom stereocenters. The van der Waals surface area contributed by atoms with Crippen molar-refractivity contribution >= 4 is 33.6 Å². The zero-order chi connectivity index (χ0) is 17.1. The Morgan fingerprint density at radius 3 is 2.58 bits per heavy atom. The van der Waals surface area contributed by atoms with Crippen LogP contribution in [0.2, 0.25) is 0 Å². The number of hydrogen-bond donors (Lipinski definition) is 2. The van der Waals surface area contributed by atoms with E-state index in [9.17, 15) is 14.7 Å². The van der Waals surface area contributed by atoms with E-state index in [1.165, 1.54) is 0 Å². The van der Waals surface area contributed by atoms with Crippen LogP contribution in [0.15, 0.2) is 53.0 Å². The lowest BCUT2D eigenvalue weighted by Gasteiger charge is -2.36. The molecule has 0 fully saturated rings. The molecule has 1 heterocycles. The Morgan fingerprint density at radius 1 is 1.17 bits per heavy atom. The Hall–Kier alpha value is -2.34. The summed E-state index contributed by atoms with van der Waals surface area (Å²) >= 11 is 3.35. The molecule has 0 radical (unpaired) electrons. The van der Waals surface area contributed by atoms with Gasteiger partial charge in [0.05, 0.1) is 12.5 Å². The molecule has 6 heteroatoms. The van der Waals surface area contributed by atoms with Crippen molar-refractivity contribution in [2.45, 2.75) is 18.9 Å². The van der Waals surface area contributed by atoms with Gasteiger partial charge in [-0.3, -0.25) is 4.79 Å². The molecular formula is C18H17BrN2O3. The fourth-order valence-corrected chi connectivity index (χ4v) is 3.27. The summed E-state index contributed by atoms with van der Waals surface area (Å²) < 4.78 is 0.927. The van der Waals surface area contributed by atoms with E-state index < -0.39 is 12.0 Å². The van der Waals surface area contributed by atoms with Gasteiger partial charge in [0.15, 0.2) is 0 Å². The second kappa shape index (κ2) is 7.05. The number of carboxylic acids is 1. The molecule has 5 nitrogen and oxygen atoms in total. The van der Waals surface area contributed by atoms with Gasteiger partial charge in [-0.2, -0.15) is 0 Å². The Balaban J connectivity index is 1.84. The molecule has 124 valence electrons. The van der Waals surface area contributed by atoms with Gasteiger partial charge in [0.2, 0.25) is 0 Å². The predicted molar refractivity (Wildman–Crippen MR) is 95.0 cm³/mol. The highest BCUT2D eigenvalue weighted by molar-refractivity contribution is 9.10. The maximum atomic E-state index is 12.7. The van der Waals surface area contributed by atoms with Gasteiger partial charge < -0.3 is 15.3 Å². The number of amides is 2. The molecule has 2 amide bonds. The highest BCUT2D eigenvalue weighted by atomic mass is 79.9. The van der Waals surface area contributed by atoms with Crippen LogP contribution < -0.4 is 5.32 Å². The van der Waals surface area contributed by atoms with Crippen LogP contribution in [0.4, 0.5) is 10.5 Å². The molecule has 0 saturated heterocycles. The van der Waals surface area contributed by atoms with Crippen LogP contribution >= 0.6 is 15.9 Å².